The lowest BCUT2D eigenvalue weighted by Gasteiger charge is -2.30. The van der Waals surface area contributed by atoms with Crippen molar-refractivity contribution in [3.05, 3.63) is 29.6 Å². The molecule has 0 aliphatic carbocycles. The summed E-state index contributed by atoms with van der Waals surface area (Å²) < 4.78 is 70.0. The maximum Gasteiger partial charge on any atom is 0.320 e. The number of hydrogen-bond donors (Lipinski definition) is 0. The summed E-state index contributed by atoms with van der Waals surface area (Å²) in [5, 5.41) is -0.748. The van der Waals surface area contributed by atoms with Gasteiger partial charge < -0.3 is 4.74 Å². The Morgan fingerprint density at radius 2 is 2.00 bits per heavy atom. The molecular formula is C12H12F3NO4S2. The Hall–Kier alpha value is -1.26. The van der Waals surface area contributed by atoms with Crippen LogP contribution in [0.25, 0.3) is 0 Å². The van der Waals surface area contributed by atoms with E-state index >= 15 is 0 Å². The Kier molecular flexibility index (Phi) is 5.03. The maximum absolute atomic E-state index is 13.7. The Morgan fingerprint density at radius 1 is 1.32 bits per heavy atom. The SMILES string of the molecule is COC(=O)[C@H]1CN(S(=O)(=O)c2ccc(F)c(F)c2F)CCS1. The summed E-state index contributed by atoms with van der Waals surface area (Å²) >= 11 is 1.21. The van der Waals surface area contributed by atoms with Gasteiger partial charge in [0.25, 0.3) is 0 Å². The van der Waals surface area contributed by atoms with Gasteiger partial charge in [0.15, 0.2) is 17.5 Å². The normalized spacial score (nSPS) is 19.9. The van der Waals surface area contributed by atoms with Gasteiger partial charge in [-0.1, -0.05) is 0 Å². The van der Waals surface area contributed by atoms with E-state index in [1.54, 1.807) is 0 Å². The molecule has 0 unspecified atom stereocenters. The van der Waals surface area contributed by atoms with Gasteiger partial charge in [-0.3, -0.25) is 4.79 Å². The number of hydrogen-bond acceptors (Lipinski definition) is 5. The number of carbonyl (C=O) groups excluding carboxylic acids is 1. The molecule has 1 aliphatic rings. The molecule has 1 atom stereocenters. The predicted molar refractivity (Wildman–Crippen MR) is 73.3 cm³/mol. The summed E-state index contributed by atoms with van der Waals surface area (Å²) in [6, 6.07) is 1.21. The topological polar surface area (TPSA) is 63.7 Å². The molecule has 0 spiro atoms. The lowest BCUT2D eigenvalue weighted by Crippen LogP contribution is -2.45. The fourth-order valence-electron chi connectivity index (χ4n) is 1.96. The lowest BCUT2D eigenvalue weighted by atomic mass is 10.3. The van der Waals surface area contributed by atoms with Crippen LogP contribution in [0.3, 0.4) is 0 Å². The van der Waals surface area contributed by atoms with E-state index in [0.717, 1.165) is 4.31 Å². The van der Waals surface area contributed by atoms with E-state index in [1.165, 1.54) is 18.9 Å². The van der Waals surface area contributed by atoms with Gasteiger partial charge in [0, 0.05) is 18.8 Å². The van der Waals surface area contributed by atoms with Crippen molar-refractivity contribution in [3.63, 3.8) is 0 Å². The first-order valence-corrected chi connectivity index (χ1v) is 8.61. The third-order valence-electron chi connectivity index (χ3n) is 3.11. The van der Waals surface area contributed by atoms with E-state index in [-0.39, 0.29) is 13.1 Å². The molecule has 122 valence electrons. The summed E-state index contributed by atoms with van der Waals surface area (Å²) in [5.41, 5.74) is 0. The van der Waals surface area contributed by atoms with Gasteiger partial charge in [-0.25, -0.2) is 21.6 Å². The summed E-state index contributed by atoms with van der Waals surface area (Å²) in [5.74, 6) is -5.40. The highest BCUT2D eigenvalue weighted by Crippen LogP contribution is 2.28. The molecule has 2 rings (SSSR count). The highest BCUT2D eigenvalue weighted by atomic mass is 32.2. The van der Waals surface area contributed by atoms with Gasteiger partial charge in [0.1, 0.15) is 10.1 Å². The average Bonchev–Trinajstić information content (AvgIpc) is 2.51. The average molecular weight is 355 g/mol. The summed E-state index contributed by atoms with van der Waals surface area (Å²) in [7, 11) is -3.20. The van der Waals surface area contributed by atoms with E-state index < -0.39 is 43.6 Å². The van der Waals surface area contributed by atoms with E-state index in [1.807, 2.05) is 0 Å². The maximum atomic E-state index is 13.7. The van der Waals surface area contributed by atoms with Gasteiger partial charge in [-0.05, 0) is 12.1 Å². The first-order valence-electron chi connectivity index (χ1n) is 6.12. The van der Waals surface area contributed by atoms with Crippen molar-refractivity contribution in [1.29, 1.82) is 0 Å². The quantitative estimate of drug-likeness (QED) is 0.606. The van der Waals surface area contributed by atoms with Crippen LogP contribution in [0.2, 0.25) is 0 Å². The van der Waals surface area contributed by atoms with Gasteiger partial charge in [0.2, 0.25) is 10.0 Å². The van der Waals surface area contributed by atoms with Crippen LogP contribution in [-0.4, -0.2) is 49.9 Å². The number of carbonyl (C=O) groups is 1. The van der Waals surface area contributed by atoms with Crippen LogP contribution in [0, 0.1) is 17.5 Å². The molecule has 1 aliphatic heterocycles. The highest BCUT2D eigenvalue weighted by Gasteiger charge is 2.36. The van der Waals surface area contributed by atoms with Crippen molar-refractivity contribution in [1.82, 2.24) is 4.31 Å². The largest absolute Gasteiger partial charge is 0.468 e. The van der Waals surface area contributed by atoms with E-state index in [9.17, 15) is 26.4 Å². The molecule has 0 saturated carbocycles. The number of benzene rings is 1. The second-order valence-corrected chi connectivity index (χ2v) is 7.64. The molecule has 1 aromatic carbocycles. The van der Waals surface area contributed by atoms with Gasteiger partial charge >= 0.3 is 5.97 Å². The van der Waals surface area contributed by atoms with E-state index in [2.05, 4.69) is 4.74 Å². The predicted octanol–water partition coefficient (Wildman–Crippen LogP) is 1.38. The standard InChI is InChI=1S/C12H12F3NO4S2/c1-20-12(17)8-6-16(4-5-21-8)22(18,19)9-3-2-7(13)10(14)11(9)15/h2-3,8H,4-6H2,1H3/t8-/m1/s1. The lowest BCUT2D eigenvalue weighted by molar-refractivity contribution is -0.140. The van der Waals surface area contributed by atoms with Crippen molar-refractivity contribution in [2.45, 2.75) is 10.1 Å². The fraction of sp³-hybridized carbons (Fsp3) is 0.417. The van der Waals surface area contributed by atoms with Crippen molar-refractivity contribution in [2.24, 2.45) is 0 Å². The van der Waals surface area contributed by atoms with Gasteiger partial charge in [-0.15, -0.1) is 11.8 Å². The summed E-state index contributed by atoms with van der Waals surface area (Å²) in [4.78, 5) is 10.5. The molecule has 0 aromatic heterocycles. The van der Waals surface area contributed by atoms with Crippen LogP contribution < -0.4 is 0 Å². The molecule has 10 heteroatoms. The van der Waals surface area contributed by atoms with Crippen molar-refractivity contribution >= 4 is 27.8 Å². The third-order valence-corrected chi connectivity index (χ3v) is 6.16. The number of methoxy groups -OCH3 is 1. The Labute approximate surface area is 129 Å². The minimum absolute atomic E-state index is 0.0267. The molecule has 1 aromatic rings. The first-order chi connectivity index (χ1) is 10.3. The molecule has 5 nitrogen and oxygen atoms in total. The minimum atomic E-state index is -4.38. The number of nitrogens with zero attached hydrogens (tertiary/aromatic N) is 1. The number of ether oxygens (including phenoxy) is 1. The number of rotatable bonds is 3. The zero-order valence-corrected chi connectivity index (χ0v) is 13.0. The molecule has 22 heavy (non-hydrogen) atoms. The number of sulfonamides is 1. The van der Waals surface area contributed by atoms with E-state index in [4.69, 9.17) is 0 Å². The molecule has 0 radical (unpaired) electrons. The monoisotopic (exact) mass is 355 g/mol. The molecule has 1 saturated heterocycles. The Bertz CT molecular complexity index is 696. The molecule has 0 N–H and O–H groups in total. The Morgan fingerprint density at radius 3 is 2.64 bits per heavy atom. The molecule has 1 fully saturated rings. The van der Waals surface area contributed by atoms with Crippen LogP contribution in [0.5, 0.6) is 0 Å². The van der Waals surface area contributed by atoms with Crippen LogP contribution >= 0.6 is 11.8 Å². The third kappa shape index (κ3) is 3.08. The summed E-state index contributed by atoms with van der Waals surface area (Å²) in [6.45, 7) is -0.197. The zero-order chi connectivity index (χ0) is 16.5. The highest BCUT2D eigenvalue weighted by molar-refractivity contribution is 8.00. The van der Waals surface area contributed by atoms with Crippen LogP contribution in [0.1, 0.15) is 0 Å². The molecule has 1 heterocycles. The van der Waals surface area contributed by atoms with Crippen molar-refractivity contribution in [3.8, 4) is 0 Å². The molecule has 0 bridgehead atoms. The Balaban J connectivity index is 2.34. The smallest absolute Gasteiger partial charge is 0.320 e. The zero-order valence-electron chi connectivity index (χ0n) is 11.4. The number of esters is 1. The second kappa shape index (κ2) is 6.47. The van der Waals surface area contributed by atoms with Crippen LogP contribution in [0.15, 0.2) is 17.0 Å². The fourth-order valence-corrected chi connectivity index (χ4v) is 4.81. The first kappa shape index (κ1) is 17.1. The van der Waals surface area contributed by atoms with E-state index in [0.29, 0.717) is 17.9 Å². The number of halogens is 3. The van der Waals surface area contributed by atoms with Crippen LogP contribution in [-0.2, 0) is 19.6 Å². The van der Waals surface area contributed by atoms with Gasteiger partial charge in [-0.2, -0.15) is 4.31 Å². The second-order valence-electron chi connectivity index (χ2n) is 4.42. The molecule has 0 amide bonds. The van der Waals surface area contributed by atoms with Gasteiger partial charge in [0.05, 0.1) is 7.11 Å². The van der Waals surface area contributed by atoms with Crippen molar-refractivity contribution < 1.29 is 31.1 Å². The van der Waals surface area contributed by atoms with Crippen LogP contribution in [0.4, 0.5) is 13.2 Å². The number of thioether (sulfide) groups is 1. The van der Waals surface area contributed by atoms with Crippen molar-refractivity contribution in [2.75, 3.05) is 26.0 Å². The molecular weight excluding hydrogens is 343 g/mol. The minimum Gasteiger partial charge on any atom is -0.468 e. The summed E-state index contributed by atoms with van der Waals surface area (Å²) in [6.07, 6.45) is 0.